The molecule has 0 heterocycles. The Morgan fingerprint density at radius 3 is 2.50 bits per heavy atom. The second kappa shape index (κ2) is 5.55. The molecule has 0 saturated carbocycles. The van der Waals surface area contributed by atoms with Crippen molar-refractivity contribution in [1.29, 1.82) is 0 Å². The van der Waals surface area contributed by atoms with Gasteiger partial charge in [-0.3, -0.25) is 0 Å². The largest absolute Gasteiger partial charge is 0.487 e. The number of aliphatic hydroxyl groups excluding tert-OH is 1. The van der Waals surface area contributed by atoms with Gasteiger partial charge in [-0.15, -0.1) is 0 Å². The van der Waals surface area contributed by atoms with Crippen LogP contribution in [0, 0.1) is 0 Å². The lowest BCUT2D eigenvalue weighted by Crippen LogP contribution is -2.23. The minimum absolute atomic E-state index is 0.206. The van der Waals surface area contributed by atoms with Gasteiger partial charge in [0.05, 0.1) is 5.02 Å². The highest BCUT2D eigenvalue weighted by atomic mass is 35.5. The molecule has 0 aliphatic rings. The Morgan fingerprint density at radius 2 is 2.00 bits per heavy atom. The van der Waals surface area contributed by atoms with Gasteiger partial charge in [-0.2, -0.15) is 0 Å². The first kappa shape index (κ1) is 13.3. The van der Waals surface area contributed by atoms with Crippen LogP contribution in [0.25, 0.3) is 0 Å². The fourth-order valence-electron chi connectivity index (χ4n) is 1.40. The van der Waals surface area contributed by atoms with Crippen molar-refractivity contribution < 1.29 is 9.84 Å². The van der Waals surface area contributed by atoms with Crippen LogP contribution in [-0.2, 0) is 6.42 Å². The van der Waals surface area contributed by atoms with Crippen molar-refractivity contribution in [3.8, 4) is 5.75 Å². The molecule has 3 heteroatoms. The predicted molar refractivity (Wildman–Crippen MR) is 67.2 cm³/mol. The third-order valence-electron chi connectivity index (χ3n) is 2.04. The zero-order valence-electron chi connectivity index (χ0n) is 10.1. The van der Waals surface area contributed by atoms with Crippen molar-refractivity contribution in [2.45, 2.75) is 39.2 Å². The summed E-state index contributed by atoms with van der Waals surface area (Å²) in [5.74, 6) is 0.710. The number of ether oxygens (including phenoxy) is 1. The summed E-state index contributed by atoms with van der Waals surface area (Å²) in [5, 5.41) is 9.38. The van der Waals surface area contributed by atoms with Gasteiger partial charge in [0, 0.05) is 6.61 Å². The Bertz CT molecular complexity index is 342. The first-order chi connectivity index (χ1) is 7.42. The van der Waals surface area contributed by atoms with E-state index in [9.17, 15) is 0 Å². The normalized spacial score (nSPS) is 11.6. The van der Waals surface area contributed by atoms with Crippen molar-refractivity contribution in [3.63, 3.8) is 0 Å². The Hall–Kier alpha value is -0.730. The number of halogens is 1. The summed E-state index contributed by atoms with van der Waals surface area (Å²) in [6, 6.07) is 5.78. The lowest BCUT2D eigenvalue weighted by atomic mass is 10.1. The molecular formula is C13H19ClO2. The molecule has 0 radical (unpaired) electrons. The van der Waals surface area contributed by atoms with E-state index in [1.165, 1.54) is 0 Å². The van der Waals surface area contributed by atoms with Crippen molar-refractivity contribution in [2.75, 3.05) is 6.61 Å². The van der Waals surface area contributed by atoms with Gasteiger partial charge in [-0.1, -0.05) is 17.7 Å². The summed E-state index contributed by atoms with van der Waals surface area (Å²) in [7, 11) is 0. The highest BCUT2D eigenvalue weighted by Crippen LogP contribution is 2.28. The zero-order chi connectivity index (χ0) is 12.2. The van der Waals surface area contributed by atoms with Crippen LogP contribution in [-0.4, -0.2) is 17.3 Å². The standard InChI is InChI=1S/C13H19ClO2/c1-13(2,3)16-12-7-6-10(5-4-8-15)9-11(12)14/h6-7,9,15H,4-5,8H2,1-3H3. The van der Waals surface area contributed by atoms with Crippen molar-refractivity contribution in [1.82, 2.24) is 0 Å². The van der Waals surface area contributed by atoms with Crippen molar-refractivity contribution in [2.24, 2.45) is 0 Å². The Labute approximate surface area is 102 Å². The maximum Gasteiger partial charge on any atom is 0.138 e. The molecule has 1 aromatic rings. The molecule has 0 bridgehead atoms. The molecule has 0 aromatic heterocycles. The minimum Gasteiger partial charge on any atom is -0.487 e. The van der Waals surface area contributed by atoms with E-state index < -0.39 is 0 Å². The van der Waals surface area contributed by atoms with Gasteiger partial charge in [0.15, 0.2) is 0 Å². The third kappa shape index (κ3) is 4.42. The van der Waals surface area contributed by atoms with Crippen LogP contribution >= 0.6 is 11.6 Å². The van der Waals surface area contributed by atoms with Gasteiger partial charge in [0.1, 0.15) is 11.4 Å². The van der Waals surface area contributed by atoms with E-state index in [-0.39, 0.29) is 12.2 Å². The Kier molecular flexibility index (Phi) is 4.63. The van der Waals surface area contributed by atoms with Gasteiger partial charge < -0.3 is 9.84 Å². The maximum atomic E-state index is 8.75. The van der Waals surface area contributed by atoms with Crippen molar-refractivity contribution in [3.05, 3.63) is 28.8 Å². The highest BCUT2D eigenvalue weighted by molar-refractivity contribution is 6.32. The number of aryl methyl sites for hydroxylation is 1. The minimum atomic E-state index is -0.240. The summed E-state index contributed by atoms with van der Waals surface area (Å²) in [6.45, 7) is 6.17. The molecule has 0 spiro atoms. The molecule has 0 aliphatic heterocycles. The summed E-state index contributed by atoms with van der Waals surface area (Å²) >= 11 is 6.13. The highest BCUT2D eigenvalue weighted by Gasteiger charge is 2.14. The first-order valence-corrected chi connectivity index (χ1v) is 5.88. The van der Waals surface area contributed by atoms with Gasteiger partial charge >= 0.3 is 0 Å². The van der Waals surface area contributed by atoms with E-state index in [0.717, 1.165) is 18.4 Å². The molecule has 1 rings (SSSR count). The van der Waals surface area contributed by atoms with E-state index in [1.807, 2.05) is 39.0 Å². The summed E-state index contributed by atoms with van der Waals surface area (Å²) < 4.78 is 5.71. The SMILES string of the molecule is CC(C)(C)Oc1ccc(CCCO)cc1Cl. The van der Waals surface area contributed by atoms with Gasteiger partial charge in [-0.05, 0) is 51.3 Å². The second-order valence-electron chi connectivity index (χ2n) is 4.81. The van der Waals surface area contributed by atoms with E-state index in [0.29, 0.717) is 10.8 Å². The lowest BCUT2D eigenvalue weighted by molar-refractivity contribution is 0.131. The number of hydrogen-bond acceptors (Lipinski definition) is 2. The summed E-state index contributed by atoms with van der Waals surface area (Å²) in [5.41, 5.74) is 0.885. The molecule has 90 valence electrons. The van der Waals surface area contributed by atoms with Crippen LogP contribution in [0.4, 0.5) is 0 Å². The van der Waals surface area contributed by atoms with E-state index in [4.69, 9.17) is 21.4 Å². The number of aliphatic hydroxyl groups is 1. The van der Waals surface area contributed by atoms with Gasteiger partial charge in [0.25, 0.3) is 0 Å². The Morgan fingerprint density at radius 1 is 1.31 bits per heavy atom. The van der Waals surface area contributed by atoms with Crippen LogP contribution in [0.5, 0.6) is 5.75 Å². The lowest BCUT2D eigenvalue weighted by Gasteiger charge is -2.22. The molecule has 0 saturated heterocycles. The number of benzene rings is 1. The van der Waals surface area contributed by atoms with Crippen LogP contribution in [0.15, 0.2) is 18.2 Å². The predicted octanol–water partition coefficient (Wildman–Crippen LogP) is 3.44. The van der Waals surface area contributed by atoms with Gasteiger partial charge in [0.2, 0.25) is 0 Å². The molecule has 1 aromatic carbocycles. The monoisotopic (exact) mass is 242 g/mol. The molecule has 1 N–H and O–H groups in total. The molecular weight excluding hydrogens is 224 g/mol. The average Bonchev–Trinajstić information content (AvgIpc) is 2.17. The fourth-order valence-corrected chi connectivity index (χ4v) is 1.64. The maximum absolute atomic E-state index is 8.75. The molecule has 0 unspecified atom stereocenters. The number of rotatable bonds is 4. The molecule has 0 amide bonds. The quantitative estimate of drug-likeness (QED) is 0.877. The zero-order valence-corrected chi connectivity index (χ0v) is 10.8. The Balaban J connectivity index is 2.75. The second-order valence-corrected chi connectivity index (χ2v) is 5.21. The van der Waals surface area contributed by atoms with E-state index in [1.54, 1.807) is 0 Å². The fraction of sp³-hybridized carbons (Fsp3) is 0.538. The molecule has 0 aliphatic carbocycles. The van der Waals surface area contributed by atoms with Crippen LogP contribution < -0.4 is 4.74 Å². The number of hydrogen-bond donors (Lipinski definition) is 1. The smallest absolute Gasteiger partial charge is 0.138 e. The average molecular weight is 243 g/mol. The van der Waals surface area contributed by atoms with Crippen LogP contribution in [0.3, 0.4) is 0 Å². The first-order valence-electron chi connectivity index (χ1n) is 5.51. The van der Waals surface area contributed by atoms with Crippen LogP contribution in [0.1, 0.15) is 32.8 Å². The molecule has 2 nitrogen and oxygen atoms in total. The summed E-state index contributed by atoms with van der Waals surface area (Å²) in [4.78, 5) is 0. The van der Waals surface area contributed by atoms with E-state index in [2.05, 4.69) is 0 Å². The van der Waals surface area contributed by atoms with Crippen LogP contribution in [0.2, 0.25) is 5.02 Å². The molecule has 16 heavy (non-hydrogen) atoms. The third-order valence-corrected chi connectivity index (χ3v) is 2.33. The van der Waals surface area contributed by atoms with E-state index >= 15 is 0 Å². The topological polar surface area (TPSA) is 29.5 Å². The summed E-state index contributed by atoms with van der Waals surface area (Å²) in [6.07, 6.45) is 1.60. The van der Waals surface area contributed by atoms with Crippen molar-refractivity contribution >= 4 is 11.6 Å². The van der Waals surface area contributed by atoms with Gasteiger partial charge in [-0.25, -0.2) is 0 Å². The molecule has 0 atom stereocenters. The molecule has 0 fully saturated rings.